The van der Waals surface area contributed by atoms with Crippen LogP contribution < -0.4 is 10.1 Å². The van der Waals surface area contributed by atoms with E-state index in [0.29, 0.717) is 6.61 Å². The Bertz CT molecular complexity index is 1210. The quantitative estimate of drug-likeness (QED) is 0.404. The van der Waals surface area contributed by atoms with Gasteiger partial charge in [-0.3, -0.25) is 0 Å². The van der Waals surface area contributed by atoms with Crippen LogP contribution in [-0.4, -0.2) is 11.7 Å². The molecule has 1 aliphatic rings. The maximum Gasteiger partial charge on any atom is 0.125 e. The van der Waals surface area contributed by atoms with E-state index in [-0.39, 0.29) is 12.6 Å². The molecule has 0 aliphatic carbocycles. The van der Waals surface area contributed by atoms with E-state index in [4.69, 9.17) is 4.74 Å². The molecule has 156 valence electrons. The van der Waals surface area contributed by atoms with Gasteiger partial charge < -0.3 is 15.2 Å². The molecule has 1 aliphatic heterocycles. The zero-order valence-electron chi connectivity index (χ0n) is 17.3. The highest BCUT2D eigenvalue weighted by Gasteiger charge is 2.20. The molecule has 0 fully saturated rings. The molecule has 0 radical (unpaired) electrons. The van der Waals surface area contributed by atoms with E-state index in [0.717, 1.165) is 29.8 Å². The van der Waals surface area contributed by atoms with E-state index in [2.05, 4.69) is 71.4 Å². The van der Waals surface area contributed by atoms with E-state index in [1.807, 2.05) is 18.2 Å². The third-order valence-corrected chi connectivity index (χ3v) is 6.70. The highest BCUT2D eigenvalue weighted by atomic mass is 32.1. The van der Waals surface area contributed by atoms with Crippen LogP contribution >= 0.6 is 11.3 Å². The van der Waals surface area contributed by atoms with Crippen molar-refractivity contribution in [1.29, 1.82) is 0 Å². The first-order valence-corrected chi connectivity index (χ1v) is 11.5. The second-order valence-electron chi connectivity index (χ2n) is 7.81. The van der Waals surface area contributed by atoms with Crippen molar-refractivity contribution in [2.24, 2.45) is 0 Å². The lowest BCUT2D eigenvalue weighted by Crippen LogP contribution is -2.28. The number of aliphatic hydroxyl groups is 1. The van der Waals surface area contributed by atoms with Crippen LogP contribution in [-0.2, 0) is 19.6 Å². The summed E-state index contributed by atoms with van der Waals surface area (Å²) in [6.45, 7) is 1.38. The lowest BCUT2D eigenvalue weighted by molar-refractivity contribution is 0.258. The highest BCUT2D eigenvalue weighted by molar-refractivity contribution is 7.17. The average molecular weight is 428 g/mol. The summed E-state index contributed by atoms with van der Waals surface area (Å²) in [4.78, 5) is 0. The number of nitrogens with one attached hydrogen (secondary N) is 1. The second kappa shape index (κ2) is 9.06. The van der Waals surface area contributed by atoms with E-state index in [1.165, 1.54) is 26.8 Å². The molecule has 31 heavy (non-hydrogen) atoms. The largest absolute Gasteiger partial charge is 0.489 e. The lowest BCUT2D eigenvalue weighted by Gasteiger charge is -2.26. The Morgan fingerprint density at radius 2 is 1.97 bits per heavy atom. The third-order valence-electron chi connectivity index (χ3n) is 5.82. The number of fused-ring (bicyclic) bond motifs is 2. The van der Waals surface area contributed by atoms with Gasteiger partial charge in [0.2, 0.25) is 0 Å². The Labute approximate surface area is 186 Å². The predicted molar refractivity (Wildman–Crippen MR) is 128 cm³/mol. The molecule has 4 heteroatoms. The first-order chi connectivity index (χ1) is 15.3. The molecule has 2 heterocycles. The molecule has 0 bridgehead atoms. The van der Waals surface area contributed by atoms with Crippen molar-refractivity contribution in [3.63, 3.8) is 0 Å². The van der Waals surface area contributed by atoms with Crippen LogP contribution in [0.25, 0.3) is 16.2 Å². The summed E-state index contributed by atoms with van der Waals surface area (Å²) in [6, 6.07) is 23.1. The zero-order valence-corrected chi connectivity index (χ0v) is 18.1. The molecule has 1 aromatic heterocycles. The van der Waals surface area contributed by atoms with Crippen molar-refractivity contribution in [2.75, 3.05) is 6.54 Å². The van der Waals surface area contributed by atoms with Gasteiger partial charge in [-0.1, -0.05) is 54.6 Å². The summed E-state index contributed by atoms with van der Waals surface area (Å²) >= 11 is 1.77. The van der Waals surface area contributed by atoms with E-state index >= 15 is 0 Å². The Morgan fingerprint density at radius 1 is 1.06 bits per heavy atom. The van der Waals surface area contributed by atoms with Crippen LogP contribution in [0, 0.1) is 0 Å². The van der Waals surface area contributed by atoms with Crippen molar-refractivity contribution in [3.8, 4) is 5.75 Å². The Kier molecular flexibility index (Phi) is 5.85. The number of ether oxygens (including phenoxy) is 1. The van der Waals surface area contributed by atoms with Crippen molar-refractivity contribution < 1.29 is 9.84 Å². The first-order valence-electron chi connectivity index (χ1n) is 10.6. The zero-order chi connectivity index (χ0) is 21.0. The van der Waals surface area contributed by atoms with Crippen molar-refractivity contribution in [1.82, 2.24) is 5.32 Å². The number of aliphatic hydroxyl groups excluding tert-OH is 1. The maximum atomic E-state index is 9.99. The number of benzene rings is 3. The number of hydrogen-bond acceptors (Lipinski definition) is 4. The van der Waals surface area contributed by atoms with Crippen LogP contribution in [0.15, 0.2) is 78.2 Å². The molecule has 0 saturated heterocycles. The topological polar surface area (TPSA) is 41.5 Å². The van der Waals surface area contributed by atoms with Crippen molar-refractivity contribution in [3.05, 3.63) is 106 Å². The van der Waals surface area contributed by atoms with E-state index in [9.17, 15) is 5.11 Å². The van der Waals surface area contributed by atoms with Gasteiger partial charge in [-0.25, -0.2) is 0 Å². The summed E-state index contributed by atoms with van der Waals surface area (Å²) in [5.74, 6) is 0.776. The van der Waals surface area contributed by atoms with Gasteiger partial charge in [0.05, 0.1) is 12.6 Å². The van der Waals surface area contributed by atoms with Crippen LogP contribution in [0.1, 0.15) is 33.9 Å². The fourth-order valence-corrected chi connectivity index (χ4v) is 5.01. The van der Waals surface area contributed by atoms with E-state index < -0.39 is 0 Å². The molecule has 5 rings (SSSR count). The van der Waals surface area contributed by atoms with Gasteiger partial charge in [0.15, 0.2) is 0 Å². The number of thiophene rings is 1. The normalized spacial score (nSPS) is 16.0. The molecular formula is C27H25NO2S. The van der Waals surface area contributed by atoms with Gasteiger partial charge in [-0.05, 0) is 63.7 Å². The Morgan fingerprint density at radius 3 is 2.84 bits per heavy atom. The minimum absolute atomic E-state index is 0.0396. The molecule has 1 unspecified atom stereocenters. The van der Waals surface area contributed by atoms with Gasteiger partial charge in [0, 0.05) is 16.8 Å². The summed E-state index contributed by atoms with van der Waals surface area (Å²) in [7, 11) is 0. The molecule has 3 nitrogen and oxygen atoms in total. The lowest BCUT2D eigenvalue weighted by atomic mass is 9.91. The monoisotopic (exact) mass is 427 g/mol. The molecule has 0 amide bonds. The number of rotatable bonds is 6. The van der Waals surface area contributed by atoms with Crippen molar-refractivity contribution in [2.45, 2.75) is 25.7 Å². The fraction of sp³-hybridized carbons (Fsp3) is 0.185. The molecule has 0 saturated carbocycles. The smallest absolute Gasteiger partial charge is 0.125 e. The van der Waals surface area contributed by atoms with Crippen LogP contribution in [0.2, 0.25) is 0 Å². The molecular weight excluding hydrogens is 402 g/mol. The molecule has 2 N–H and O–H groups in total. The van der Waals surface area contributed by atoms with Gasteiger partial charge in [-0.2, -0.15) is 0 Å². The van der Waals surface area contributed by atoms with Gasteiger partial charge in [0.25, 0.3) is 0 Å². The summed E-state index contributed by atoms with van der Waals surface area (Å²) < 4.78 is 7.39. The minimum atomic E-state index is -0.0396. The minimum Gasteiger partial charge on any atom is -0.489 e. The second-order valence-corrected chi connectivity index (χ2v) is 8.76. The van der Waals surface area contributed by atoms with Gasteiger partial charge in [0.1, 0.15) is 12.4 Å². The Hall–Kier alpha value is -2.92. The van der Waals surface area contributed by atoms with Gasteiger partial charge >= 0.3 is 0 Å². The van der Waals surface area contributed by atoms with Gasteiger partial charge in [-0.15, -0.1) is 11.3 Å². The van der Waals surface area contributed by atoms with Crippen LogP contribution in [0.4, 0.5) is 0 Å². The number of hydrogen-bond donors (Lipinski definition) is 2. The molecule has 3 aromatic carbocycles. The predicted octanol–water partition coefficient (Wildman–Crippen LogP) is 5.87. The molecule has 1 atom stereocenters. The maximum absolute atomic E-state index is 9.99. The standard InChI is InChI=1S/C27H25NO2S/c29-17-22-15-24-21(16-26(22)30-18-19-5-2-1-3-6-19)11-13-28-25(24)10-9-20-7-4-8-27-23(20)12-14-31-27/h1-10,12,14-16,25,28-29H,11,13,17-18H2/b10-9+. The highest BCUT2D eigenvalue weighted by Crippen LogP contribution is 2.33. The van der Waals surface area contributed by atoms with Crippen molar-refractivity contribution >= 4 is 27.5 Å². The summed E-state index contributed by atoms with van der Waals surface area (Å²) in [5.41, 5.74) is 5.68. The average Bonchev–Trinajstić information content (AvgIpc) is 3.31. The SMILES string of the molecule is OCc1cc2c(cc1OCc1ccccc1)CCNC2/C=C/c1cccc2sccc12. The first kappa shape index (κ1) is 20.0. The van der Waals surface area contributed by atoms with Crippen LogP contribution in [0.3, 0.4) is 0 Å². The fourth-order valence-electron chi connectivity index (χ4n) is 4.19. The molecule has 0 spiro atoms. The van der Waals surface area contributed by atoms with Crippen LogP contribution in [0.5, 0.6) is 5.75 Å². The van der Waals surface area contributed by atoms with E-state index in [1.54, 1.807) is 11.3 Å². The third kappa shape index (κ3) is 4.28. The molecule has 4 aromatic rings. The summed E-state index contributed by atoms with van der Waals surface area (Å²) in [5, 5.41) is 17.0. The summed E-state index contributed by atoms with van der Waals surface area (Å²) in [6.07, 6.45) is 5.39. The Balaban J connectivity index is 1.41.